The van der Waals surface area contributed by atoms with Gasteiger partial charge in [-0.3, -0.25) is 0 Å². The van der Waals surface area contributed by atoms with E-state index in [2.05, 4.69) is 15.3 Å². The summed E-state index contributed by atoms with van der Waals surface area (Å²) >= 11 is 5.31. The molecule has 0 radical (unpaired) electrons. The van der Waals surface area contributed by atoms with Crippen molar-refractivity contribution in [2.75, 3.05) is 0 Å². The molecule has 0 unspecified atom stereocenters. The summed E-state index contributed by atoms with van der Waals surface area (Å²) in [5.74, 6) is 0.783. The molecule has 0 aliphatic carbocycles. The average Bonchev–Trinajstić information content (AvgIpc) is 3.02. The van der Waals surface area contributed by atoms with Crippen molar-refractivity contribution in [3.63, 3.8) is 0 Å². The molecule has 1 aromatic heterocycles. The molecule has 0 atom stereocenters. The Balaban J connectivity index is 1.82. The summed E-state index contributed by atoms with van der Waals surface area (Å²) in [5, 5.41) is 23.8. The summed E-state index contributed by atoms with van der Waals surface area (Å²) in [6.07, 6.45) is 1.61. The zero-order valence-corrected chi connectivity index (χ0v) is 14.9. The monoisotopic (exact) mass is 360 g/mol. The largest absolute Gasteiger partial charge is 0.507 e. The molecule has 0 saturated heterocycles. The zero-order chi connectivity index (χ0) is 18.1. The van der Waals surface area contributed by atoms with Crippen LogP contribution in [0.5, 0.6) is 5.75 Å². The van der Waals surface area contributed by atoms with Crippen LogP contribution in [0.4, 0.5) is 0 Å². The highest BCUT2D eigenvalue weighted by molar-refractivity contribution is 7.71. The zero-order valence-electron chi connectivity index (χ0n) is 14.0. The number of aromatic nitrogens is 3. The van der Waals surface area contributed by atoms with Crippen LogP contribution in [0.3, 0.4) is 0 Å². The van der Waals surface area contributed by atoms with Crippen molar-refractivity contribution >= 4 is 29.2 Å². The van der Waals surface area contributed by atoms with Gasteiger partial charge in [-0.25, -0.2) is 5.10 Å². The van der Waals surface area contributed by atoms with E-state index in [1.54, 1.807) is 17.0 Å². The molecular formula is C20H16N4OS. The van der Waals surface area contributed by atoms with Crippen LogP contribution in [0.25, 0.3) is 22.2 Å². The minimum absolute atomic E-state index is 0.166. The number of fused-ring (bicyclic) bond motifs is 1. The van der Waals surface area contributed by atoms with Gasteiger partial charge < -0.3 is 5.11 Å². The molecule has 0 bridgehead atoms. The molecule has 5 nitrogen and oxygen atoms in total. The quantitative estimate of drug-likeness (QED) is 0.413. The van der Waals surface area contributed by atoms with Gasteiger partial charge in [-0.1, -0.05) is 60.2 Å². The number of aromatic amines is 1. The van der Waals surface area contributed by atoms with E-state index in [0.29, 0.717) is 16.2 Å². The van der Waals surface area contributed by atoms with Crippen LogP contribution < -0.4 is 0 Å². The maximum Gasteiger partial charge on any atom is 0.216 e. The van der Waals surface area contributed by atoms with Gasteiger partial charge in [0.25, 0.3) is 0 Å². The van der Waals surface area contributed by atoms with E-state index in [1.807, 2.05) is 61.5 Å². The van der Waals surface area contributed by atoms with Crippen LogP contribution in [-0.2, 0) is 0 Å². The molecule has 0 aliphatic rings. The van der Waals surface area contributed by atoms with Gasteiger partial charge in [-0.05, 0) is 36.0 Å². The fourth-order valence-corrected chi connectivity index (χ4v) is 3.00. The maximum atomic E-state index is 10.3. The number of phenolic OH excluding ortho intramolecular Hbond substituents is 1. The van der Waals surface area contributed by atoms with E-state index in [-0.39, 0.29) is 5.75 Å². The number of rotatable bonds is 3. The molecule has 0 aliphatic heterocycles. The van der Waals surface area contributed by atoms with E-state index in [9.17, 15) is 5.11 Å². The molecular weight excluding hydrogens is 344 g/mol. The molecule has 1 heterocycles. The summed E-state index contributed by atoms with van der Waals surface area (Å²) in [6.45, 7) is 2.03. The van der Waals surface area contributed by atoms with E-state index in [1.165, 1.54) is 5.56 Å². The Bertz CT molecular complexity index is 1170. The third kappa shape index (κ3) is 2.91. The number of aromatic hydroxyl groups is 1. The normalized spacial score (nSPS) is 11.4. The second kappa shape index (κ2) is 6.57. The summed E-state index contributed by atoms with van der Waals surface area (Å²) in [6, 6.07) is 19.3. The van der Waals surface area contributed by atoms with Gasteiger partial charge in [0, 0.05) is 11.1 Å². The third-order valence-corrected chi connectivity index (χ3v) is 4.47. The van der Waals surface area contributed by atoms with Gasteiger partial charge >= 0.3 is 0 Å². The number of aryl methyl sites for hydroxylation is 1. The van der Waals surface area contributed by atoms with Crippen molar-refractivity contribution in [1.29, 1.82) is 0 Å². The highest BCUT2D eigenvalue weighted by Gasteiger charge is 2.09. The van der Waals surface area contributed by atoms with Crippen LogP contribution in [0, 0.1) is 11.7 Å². The van der Waals surface area contributed by atoms with E-state index >= 15 is 0 Å². The van der Waals surface area contributed by atoms with Crippen molar-refractivity contribution in [2.45, 2.75) is 6.92 Å². The standard InChI is InChI=1S/C20H16N4OS/c1-13-6-8-15(9-7-13)19-22-23-20(26)24(19)21-12-17-16-5-3-2-4-14(16)10-11-18(17)25/h2-12,25H,1H3,(H,23,26)/b21-12-. The number of hydrogen-bond donors (Lipinski definition) is 2. The number of H-pyrrole nitrogens is 1. The second-order valence-corrected chi connectivity index (χ2v) is 6.38. The highest BCUT2D eigenvalue weighted by atomic mass is 32.1. The lowest BCUT2D eigenvalue weighted by molar-refractivity contribution is 0.475. The van der Waals surface area contributed by atoms with Crippen LogP contribution in [0.15, 0.2) is 65.8 Å². The fourth-order valence-electron chi connectivity index (χ4n) is 2.82. The van der Waals surface area contributed by atoms with Crippen LogP contribution in [0.2, 0.25) is 0 Å². The number of nitrogens with zero attached hydrogens (tertiary/aromatic N) is 3. The number of hydrogen-bond acceptors (Lipinski definition) is 4. The Kier molecular flexibility index (Phi) is 4.10. The predicted octanol–water partition coefficient (Wildman–Crippen LogP) is 4.66. The van der Waals surface area contributed by atoms with Crippen molar-refractivity contribution in [3.8, 4) is 17.1 Å². The first-order valence-corrected chi connectivity index (χ1v) is 8.54. The van der Waals surface area contributed by atoms with Crippen molar-refractivity contribution < 1.29 is 5.11 Å². The number of benzene rings is 3. The highest BCUT2D eigenvalue weighted by Crippen LogP contribution is 2.26. The Hall–Kier alpha value is -3.25. The summed E-state index contributed by atoms with van der Waals surface area (Å²) in [5.41, 5.74) is 2.71. The first-order chi connectivity index (χ1) is 12.6. The lowest BCUT2D eigenvalue weighted by atomic mass is 10.0. The molecule has 4 rings (SSSR count). The fraction of sp³-hybridized carbons (Fsp3) is 0.0500. The molecule has 0 saturated carbocycles. The van der Waals surface area contributed by atoms with Crippen molar-refractivity contribution in [3.05, 3.63) is 76.6 Å². The van der Waals surface area contributed by atoms with Crippen molar-refractivity contribution in [2.24, 2.45) is 5.10 Å². The molecule has 2 N–H and O–H groups in total. The first kappa shape index (κ1) is 16.2. The van der Waals surface area contributed by atoms with Gasteiger partial charge in [-0.15, -0.1) is 0 Å². The molecule has 0 amide bonds. The summed E-state index contributed by atoms with van der Waals surface area (Å²) in [4.78, 5) is 0. The number of nitrogens with one attached hydrogen (secondary N) is 1. The SMILES string of the molecule is Cc1ccc(-c2n[nH]c(=S)n2/N=C\c2c(O)ccc3ccccc23)cc1. The van der Waals surface area contributed by atoms with Gasteiger partial charge in [0.15, 0.2) is 5.82 Å². The van der Waals surface area contributed by atoms with Crippen LogP contribution in [0.1, 0.15) is 11.1 Å². The lowest BCUT2D eigenvalue weighted by Crippen LogP contribution is -1.96. The third-order valence-electron chi connectivity index (χ3n) is 4.21. The minimum atomic E-state index is 0.166. The van der Waals surface area contributed by atoms with Crippen LogP contribution >= 0.6 is 12.2 Å². The lowest BCUT2D eigenvalue weighted by Gasteiger charge is -2.05. The molecule has 6 heteroatoms. The van der Waals surface area contributed by atoms with Gasteiger partial charge in [0.2, 0.25) is 4.77 Å². The number of phenols is 1. The Labute approximate surface area is 155 Å². The van der Waals surface area contributed by atoms with E-state index < -0.39 is 0 Å². The Morgan fingerprint density at radius 2 is 1.85 bits per heavy atom. The molecule has 0 fully saturated rings. The van der Waals surface area contributed by atoms with Gasteiger partial charge in [0.05, 0.1) is 6.21 Å². The molecule has 3 aromatic carbocycles. The Morgan fingerprint density at radius 1 is 1.08 bits per heavy atom. The van der Waals surface area contributed by atoms with Crippen LogP contribution in [-0.4, -0.2) is 26.2 Å². The topological polar surface area (TPSA) is 66.2 Å². The van der Waals surface area contributed by atoms with E-state index in [0.717, 1.165) is 16.3 Å². The van der Waals surface area contributed by atoms with Gasteiger partial charge in [-0.2, -0.15) is 14.9 Å². The van der Waals surface area contributed by atoms with Crippen molar-refractivity contribution in [1.82, 2.24) is 14.9 Å². The predicted molar refractivity (Wildman–Crippen MR) is 106 cm³/mol. The first-order valence-electron chi connectivity index (χ1n) is 8.13. The van der Waals surface area contributed by atoms with E-state index in [4.69, 9.17) is 12.2 Å². The summed E-state index contributed by atoms with van der Waals surface area (Å²) in [7, 11) is 0. The Morgan fingerprint density at radius 3 is 2.65 bits per heavy atom. The summed E-state index contributed by atoms with van der Waals surface area (Å²) < 4.78 is 1.94. The second-order valence-electron chi connectivity index (χ2n) is 5.99. The smallest absolute Gasteiger partial charge is 0.216 e. The van der Waals surface area contributed by atoms with Gasteiger partial charge in [0.1, 0.15) is 5.75 Å². The molecule has 4 aromatic rings. The molecule has 26 heavy (non-hydrogen) atoms. The average molecular weight is 360 g/mol. The molecule has 0 spiro atoms. The maximum absolute atomic E-state index is 10.3. The minimum Gasteiger partial charge on any atom is -0.507 e. The molecule has 128 valence electrons.